The van der Waals surface area contributed by atoms with E-state index >= 15 is 0 Å². The van der Waals surface area contributed by atoms with E-state index in [4.69, 9.17) is 9.84 Å². The van der Waals surface area contributed by atoms with Gasteiger partial charge in [0.15, 0.2) is 0 Å². The molecule has 3 rings (SSSR count). The highest BCUT2D eigenvalue weighted by Crippen LogP contribution is 2.28. The molecular weight excluding hydrogens is 390 g/mol. The Balaban J connectivity index is 2.03. The molecule has 0 amide bonds. The van der Waals surface area contributed by atoms with E-state index in [2.05, 4.69) is 9.71 Å². The van der Waals surface area contributed by atoms with Crippen LogP contribution < -0.4 is 9.46 Å². The number of hydrogen-bond donors (Lipinski definition) is 2. The van der Waals surface area contributed by atoms with Gasteiger partial charge in [-0.05, 0) is 23.8 Å². The summed E-state index contributed by atoms with van der Waals surface area (Å²) >= 11 is 0.848. The number of ether oxygens (including phenoxy) is 1. The zero-order valence-electron chi connectivity index (χ0n) is 14.5. The largest absolute Gasteiger partial charge is 0.497 e. The van der Waals surface area contributed by atoms with Crippen molar-refractivity contribution in [2.45, 2.75) is 10.3 Å². The lowest BCUT2D eigenvalue weighted by atomic mass is 10.1. The molecule has 142 valence electrons. The Hall–Kier alpha value is -2.69. The number of nitrogens with zero attached hydrogens (tertiary/aromatic N) is 2. The summed E-state index contributed by atoms with van der Waals surface area (Å²) in [6, 6.07) is 7.36. The number of carbonyl (C=O) groups is 1. The highest BCUT2D eigenvalue weighted by atomic mass is 32.2. The number of imidazole rings is 1. The van der Waals surface area contributed by atoms with Gasteiger partial charge in [0.25, 0.3) is 10.0 Å². The van der Waals surface area contributed by atoms with Crippen molar-refractivity contribution in [2.75, 3.05) is 7.11 Å². The first-order valence-electron chi connectivity index (χ1n) is 7.77. The van der Waals surface area contributed by atoms with Crippen LogP contribution in [0.2, 0.25) is 0 Å². The first kappa shape index (κ1) is 19.1. The van der Waals surface area contributed by atoms with E-state index in [-0.39, 0.29) is 9.77 Å². The number of nitrogens with one attached hydrogen (secondary N) is 1. The highest BCUT2D eigenvalue weighted by molar-refractivity contribution is 7.91. The molecule has 2 heterocycles. The average molecular weight is 407 g/mol. The number of sulfonamides is 1. The fourth-order valence-corrected chi connectivity index (χ4v) is 4.88. The Morgan fingerprint density at radius 3 is 2.74 bits per heavy atom. The van der Waals surface area contributed by atoms with E-state index in [0.29, 0.717) is 17.1 Å². The normalized spacial score (nSPS) is 12.7. The number of aromatic carboxylic acids is 1. The van der Waals surface area contributed by atoms with Crippen molar-refractivity contribution in [3.05, 3.63) is 65.1 Å². The second-order valence-electron chi connectivity index (χ2n) is 5.69. The standard InChI is InChI=1S/C17H17N3O5S2/c1-20-7-6-18-16(20)15(11-4-3-5-13(8-11)25-2)19-27(23,24)14-9-12(10-26-14)17(21)22/h3-10,15,19H,1-2H3,(H,21,22). The molecule has 1 unspecified atom stereocenters. The van der Waals surface area contributed by atoms with Gasteiger partial charge in [-0.1, -0.05) is 12.1 Å². The molecule has 0 aliphatic carbocycles. The second kappa shape index (κ2) is 7.51. The Morgan fingerprint density at radius 2 is 2.15 bits per heavy atom. The van der Waals surface area contributed by atoms with Crippen molar-refractivity contribution >= 4 is 27.3 Å². The van der Waals surface area contributed by atoms with Crippen LogP contribution in [0.1, 0.15) is 27.8 Å². The summed E-state index contributed by atoms with van der Waals surface area (Å²) in [5.41, 5.74) is 0.567. The molecule has 0 bridgehead atoms. The third kappa shape index (κ3) is 4.02. The monoisotopic (exact) mass is 407 g/mol. The molecule has 1 atom stereocenters. The lowest BCUT2D eigenvalue weighted by Gasteiger charge is -2.19. The smallest absolute Gasteiger partial charge is 0.336 e. The molecule has 0 fully saturated rings. The van der Waals surface area contributed by atoms with Crippen molar-refractivity contribution < 1.29 is 23.1 Å². The van der Waals surface area contributed by atoms with Crippen molar-refractivity contribution in [3.63, 3.8) is 0 Å². The Kier molecular flexibility index (Phi) is 5.31. The van der Waals surface area contributed by atoms with Gasteiger partial charge >= 0.3 is 5.97 Å². The first-order chi connectivity index (χ1) is 12.8. The van der Waals surface area contributed by atoms with Crippen LogP contribution in [0.3, 0.4) is 0 Å². The highest BCUT2D eigenvalue weighted by Gasteiger charge is 2.27. The number of carboxylic acids is 1. The molecule has 27 heavy (non-hydrogen) atoms. The van der Waals surface area contributed by atoms with Gasteiger partial charge in [-0.2, -0.15) is 4.72 Å². The number of aryl methyl sites for hydroxylation is 1. The fourth-order valence-electron chi connectivity index (χ4n) is 2.53. The van der Waals surface area contributed by atoms with E-state index in [0.717, 1.165) is 17.4 Å². The minimum atomic E-state index is -3.97. The molecule has 10 heteroatoms. The van der Waals surface area contributed by atoms with Crippen LogP contribution in [-0.2, 0) is 17.1 Å². The molecule has 2 N–H and O–H groups in total. The Labute approximate surface area is 160 Å². The number of thiophene rings is 1. The van der Waals surface area contributed by atoms with E-state index in [1.807, 2.05) is 0 Å². The fraction of sp³-hybridized carbons (Fsp3) is 0.176. The molecule has 0 saturated heterocycles. The minimum Gasteiger partial charge on any atom is -0.497 e. The quantitative estimate of drug-likeness (QED) is 0.622. The van der Waals surface area contributed by atoms with Crippen LogP contribution in [0.15, 0.2) is 52.3 Å². The predicted molar refractivity (Wildman–Crippen MR) is 99.6 cm³/mol. The predicted octanol–water partition coefficient (Wildman–Crippen LogP) is 2.26. The molecule has 0 spiro atoms. The van der Waals surface area contributed by atoms with Crippen LogP contribution in [0.25, 0.3) is 0 Å². The number of aromatic nitrogens is 2. The summed E-state index contributed by atoms with van der Waals surface area (Å²) in [4.78, 5) is 15.3. The maximum absolute atomic E-state index is 12.9. The SMILES string of the molecule is COc1cccc(C(NS(=O)(=O)c2cc(C(=O)O)cs2)c2nccn2C)c1. The number of methoxy groups -OCH3 is 1. The molecule has 1 aromatic carbocycles. The summed E-state index contributed by atoms with van der Waals surface area (Å²) in [6.07, 6.45) is 3.29. The van der Waals surface area contributed by atoms with Gasteiger partial charge in [-0.15, -0.1) is 11.3 Å². The maximum Gasteiger partial charge on any atom is 0.336 e. The van der Waals surface area contributed by atoms with Gasteiger partial charge in [0.05, 0.1) is 12.7 Å². The van der Waals surface area contributed by atoms with Gasteiger partial charge in [-0.3, -0.25) is 0 Å². The summed E-state index contributed by atoms with van der Waals surface area (Å²) in [5, 5.41) is 10.3. The van der Waals surface area contributed by atoms with Crippen LogP contribution in [0.4, 0.5) is 0 Å². The minimum absolute atomic E-state index is 0.0738. The summed E-state index contributed by atoms with van der Waals surface area (Å²) in [5.74, 6) is -0.113. The van der Waals surface area contributed by atoms with Crippen molar-refractivity contribution in [1.29, 1.82) is 0 Å². The zero-order chi connectivity index (χ0) is 19.6. The van der Waals surface area contributed by atoms with Crippen LogP contribution in [0, 0.1) is 0 Å². The van der Waals surface area contributed by atoms with Crippen molar-refractivity contribution in [1.82, 2.24) is 14.3 Å². The van der Waals surface area contributed by atoms with Crippen molar-refractivity contribution in [3.8, 4) is 5.75 Å². The third-order valence-corrected chi connectivity index (χ3v) is 6.77. The Morgan fingerprint density at radius 1 is 1.37 bits per heavy atom. The number of benzene rings is 1. The van der Waals surface area contributed by atoms with E-state index in [1.54, 1.807) is 48.3 Å². The maximum atomic E-state index is 12.9. The molecule has 2 aromatic heterocycles. The van der Waals surface area contributed by atoms with Crippen LogP contribution >= 0.6 is 11.3 Å². The van der Waals surface area contributed by atoms with E-state index in [1.165, 1.54) is 12.5 Å². The topological polar surface area (TPSA) is 111 Å². The summed E-state index contributed by atoms with van der Waals surface area (Å²) in [7, 11) is -0.684. The number of hydrogen-bond acceptors (Lipinski definition) is 6. The lowest BCUT2D eigenvalue weighted by molar-refractivity contribution is 0.0697. The number of rotatable bonds is 7. The molecule has 0 saturated carbocycles. The van der Waals surface area contributed by atoms with E-state index < -0.39 is 22.0 Å². The van der Waals surface area contributed by atoms with Gasteiger partial charge < -0.3 is 14.4 Å². The molecular formula is C17H17N3O5S2. The second-order valence-corrected chi connectivity index (χ2v) is 8.54. The number of carboxylic acid groups (broad SMARTS) is 1. The third-order valence-electron chi connectivity index (χ3n) is 3.90. The van der Waals surface area contributed by atoms with E-state index in [9.17, 15) is 13.2 Å². The van der Waals surface area contributed by atoms with Gasteiger partial charge in [0, 0.05) is 24.8 Å². The Bertz CT molecular complexity index is 1070. The lowest BCUT2D eigenvalue weighted by Crippen LogP contribution is -2.30. The summed E-state index contributed by atoms with van der Waals surface area (Å²) < 4.78 is 35.2. The molecule has 8 nitrogen and oxygen atoms in total. The van der Waals surface area contributed by atoms with Gasteiger partial charge in [0.2, 0.25) is 0 Å². The van der Waals surface area contributed by atoms with Crippen LogP contribution in [-0.4, -0.2) is 36.2 Å². The molecule has 3 aromatic rings. The van der Waals surface area contributed by atoms with Gasteiger partial charge in [-0.25, -0.2) is 18.2 Å². The first-order valence-corrected chi connectivity index (χ1v) is 10.1. The molecule has 0 radical (unpaired) electrons. The zero-order valence-corrected chi connectivity index (χ0v) is 16.1. The molecule has 0 aliphatic heterocycles. The van der Waals surface area contributed by atoms with Crippen LogP contribution in [0.5, 0.6) is 5.75 Å². The summed E-state index contributed by atoms with van der Waals surface area (Å²) in [6.45, 7) is 0. The average Bonchev–Trinajstić information content (AvgIpc) is 3.29. The van der Waals surface area contributed by atoms with Crippen molar-refractivity contribution in [2.24, 2.45) is 7.05 Å². The molecule has 0 aliphatic rings. The van der Waals surface area contributed by atoms with Gasteiger partial charge in [0.1, 0.15) is 21.8 Å².